The molecule has 1 aromatic heterocycles. The van der Waals surface area contributed by atoms with Gasteiger partial charge in [0.25, 0.3) is 5.92 Å². The number of nitrogens with zero attached hydrogens (tertiary/aromatic N) is 3. The third kappa shape index (κ3) is 3.78. The zero-order valence-electron chi connectivity index (χ0n) is 18.3. The summed E-state index contributed by atoms with van der Waals surface area (Å²) in [5.74, 6) is -6.01. The van der Waals surface area contributed by atoms with Crippen molar-refractivity contribution in [2.24, 2.45) is 23.2 Å². The van der Waals surface area contributed by atoms with Gasteiger partial charge in [-0.25, -0.2) is 8.78 Å². The largest absolute Gasteiger partial charge is 0.462 e. The van der Waals surface area contributed by atoms with E-state index in [1.807, 2.05) is 24.3 Å². The molecule has 0 radical (unpaired) electrons. The predicted octanol–water partition coefficient (Wildman–Crippen LogP) is 5.39. The van der Waals surface area contributed by atoms with Gasteiger partial charge >= 0.3 is 5.97 Å². The fourth-order valence-corrected chi connectivity index (χ4v) is 5.38. The van der Waals surface area contributed by atoms with Gasteiger partial charge in [0.2, 0.25) is 0 Å². The summed E-state index contributed by atoms with van der Waals surface area (Å²) < 4.78 is 35.4. The van der Waals surface area contributed by atoms with E-state index in [4.69, 9.17) is 4.74 Å². The second-order valence-electron chi connectivity index (χ2n) is 8.92. The van der Waals surface area contributed by atoms with E-state index in [0.717, 1.165) is 11.1 Å². The van der Waals surface area contributed by atoms with Crippen molar-refractivity contribution < 1.29 is 18.3 Å². The molecular weight excluding hydrogens is 424 g/mol. The number of esters is 1. The molecule has 1 saturated carbocycles. The summed E-state index contributed by atoms with van der Waals surface area (Å²) >= 11 is 0. The van der Waals surface area contributed by atoms with E-state index in [9.17, 15) is 24.1 Å². The minimum absolute atomic E-state index is 0.293. The van der Waals surface area contributed by atoms with Crippen molar-refractivity contribution in [2.45, 2.75) is 38.7 Å². The highest BCUT2D eigenvalue weighted by molar-refractivity contribution is 5.81. The van der Waals surface area contributed by atoms with Crippen molar-refractivity contribution in [3.63, 3.8) is 0 Å². The average Bonchev–Trinajstić information content (AvgIpc) is 3.03. The molecule has 168 valence electrons. The molecule has 0 spiro atoms. The summed E-state index contributed by atoms with van der Waals surface area (Å²) in [7, 11) is 0. The van der Waals surface area contributed by atoms with E-state index < -0.39 is 47.6 Å². The summed E-state index contributed by atoms with van der Waals surface area (Å²) in [6.45, 7) is 3.19. The highest BCUT2D eigenvalue weighted by Crippen LogP contribution is 2.60. The number of ether oxygens (including phenoxy) is 1. The first-order chi connectivity index (χ1) is 15.7. The third-order valence-electron chi connectivity index (χ3n) is 7.08. The Morgan fingerprint density at radius 2 is 1.97 bits per heavy atom. The number of cyclic esters (lactones) is 1. The topological polar surface area (TPSA) is 86.8 Å². The molecule has 2 aromatic rings. The van der Waals surface area contributed by atoms with E-state index >= 15 is 0 Å². The van der Waals surface area contributed by atoms with E-state index in [1.54, 1.807) is 43.5 Å². The minimum atomic E-state index is -3.11. The Bertz CT molecular complexity index is 1180. The van der Waals surface area contributed by atoms with Crippen molar-refractivity contribution in [3.05, 3.63) is 59.9 Å². The summed E-state index contributed by atoms with van der Waals surface area (Å²) in [6.07, 6.45) is 3.47. The van der Waals surface area contributed by atoms with Crippen molar-refractivity contribution in [1.82, 2.24) is 4.98 Å². The summed E-state index contributed by atoms with van der Waals surface area (Å²) in [5, 5.41) is 18.6. The number of benzene rings is 1. The van der Waals surface area contributed by atoms with Gasteiger partial charge in [-0.2, -0.15) is 10.5 Å². The number of aromatic nitrogens is 1. The maximum atomic E-state index is 15.0. The van der Waals surface area contributed by atoms with Crippen LogP contribution in [0.5, 0.6) is 0 Å². The number of halogens is 2. The lowest BCUT2D eigenvalue weighted by molar-refractivity contribution is -0.170. The van der Waals surface area contributed by atoms with Crippen LogP contribution in [-0.4, -0.2) is 23.0 Å². The van der Waals surface area contributed by atoms with Crippen LogP contribution < -0.4 is 0 Å². The normalized spacial score (nSPS) is 30.3. The number of nitriles is 2. The van der Waals surface area contributed by atoms with Crippen LogP contribution in [0.1, 0.15) is 37.9 Å². The van der Waals surface area contributed by atoms with Gasteiger partial charge in [0.05, 0.1) is 35.2 Å². The maximum absolute atomic E-state index is 15.0. The Morgan fingerprint density at radius 3 is 2.64 bits per heavy atom. The van der Waals surface area contributed by atoms with E-state index in [2.05, 4.69) is 11.1 Å². The quantitative estimate of drug-likeness (QED) is 0.587. The number of hydrogen-bond donors (Lipinski definition) is 0. The lowest BCUT2D eigenvalue weighted by Crippen LogP contribution is -2.53. The van der Waals surface area contributed by atoms with Crippen molar-refractivity contribution >= 4 is 12.0 Å². The van der Waals surface area contributed by atoms with Crippen LogP contribution in [0.15, 0.2) is 48.7 Å². The molecule has 1 saturated heterocycles. The number of pyridine rings is 1. The SMILES string of the molecule is C[C@H]1OC(=O)[C@]2(CC#N)CC(F)(F)[C@@H](C)[C@H](C=Cc3ccc(-c4ccccc4C#N)cn3)[C@H]12. The number of hydrogen-bond acceptors (Lipinski definition) is 5. The zero-order valence-corrected chi connectivity index (χ0v) is 18.3. The van der Waals surface area contributed by atoms with Crippen LogP contribution in [0.3, 0.4) is 0 Å². The molecule has 33 heavy (non-hydrogen) atoms. The molecule has 2 heterocycles. The summed E-state index contributed by atoms with van der Waals surface area (Å²) in [5.41, 5.74) is 1.14. The fraction of sp³-hybridized carbons (Fsp3) is 0.385. The van der Waals surface area contributed by atoms with Crippen molar-refractivity contribution in [2.75, 3.05) is 0 Å². The van der Waals surface area contributed by atoms with Gasteiger partial charge in [-0.3, -0.25) is 9.78 Å². The smallest absolute Gasteiger partial charge is 0.314 e. The van der Waals surface area contributed by atoms with Crippen LogP contribution in [0.25, 0.3) is 17.2 Å². The minimum Gasteiger partial charge on any atom is -0.462 e. The molecule has 4 rings (SSSR count). The van der Waals surface area contributed by atoms with Gasteiger partial charge in [0.1, 0.15) is 6.10 Å². The van der Waals surface area contributed by atoms with Crippen LogP contribution >= 0.6 is 0 Å². The number of allylic oxidation sites excluding steroid dienone is 1. The molecule has 5 nitrogen and oxygen atoms in total. The predicted molar refractivity (Wildman–Crippen MR) is 117 cm³/mol. The number of rotatable bonds is 4. The molecule has 1 aliphatic carbocycles. The monoisotopic (exact) mass is 447 g/mol. The Balaban J connectivity index is 1.66. The van der Waals surface area contributed by atoms with Gasteiger partial charge < -0.3 is 4.74 Å². The molecule has 0 N–H and O–H groups in total. The molecule has 0 unspecified atom stereocenters. The number of carbonyl (C=O) groups excluding carboxylic acids is 1. The fourth-order valence-electron chi connectivity index (χ4n) is 5.38. The maximum Gasteiger partial charge on any atom is 0.314 e. The molecule has 7 heteroatoms. The van der Waals surface area contributed by atoms with Crippen molar-refractivity contribution in [3.8, 4) is 23.3 Å². The number of carbonyl (C=O) groups is 1. The molecule has 2 aliphatic rings. The molecule has 2 fully saturated rings. The lowest BCUT2D eigenvalue weighted by atomic mass is 9.55. The second kappa shape index (κ2) is 8.41. The molecule has 0 amide bonds. The first-order valence-corrected chi connectivity index (χ1v) is 10.8. The number of alkyl halides is 2. The van der Waals surface area contributed by atoms with Crippen LogP contribution in [-0.2, 0) is 9.53 Å². The summed E-state index contributed by atoms with van der Waals surface area (Å²) in [4.78, 5) is 17.0. The number of fused-ring (bicyclic) bond motifs is 1. The van der Waals surface area contributed by atoms with Crippen LogP contribution in [0.2, 0.25) is 0 Å². The van der Waals surface area contributed by atoms with Crippen LogP contribution in [0.4, 0.5) is 8.78 Å². The van der Waals surface area contributed by atoms with Gasteiger partial charge in [-0.05, 0) is 31.1 Å². The molecule has 1 aliphatic heterocycles. The average molecular weight is 447 g/mol. The molecular formula is C26H23F2N3O2. The Labute approximate surface area is 191 Å². The lowest BCUT2D eigenvalue weighted by Gasteiger charge is -2.47. The first kappa shape index (κ1) is 22.6. The van der Waals surface area contributed by atoms with Gasteiger partial charge in [-0.15, -0.1) is 0 Å². The highest BCUT2D eigenvalue weighted by atomic mass is 19.3. The standard InChI is InChI=1S/C26H23F2N3O2/c1-16-21(23-17(2)33-24(32)25(23,11-12-29)15-26(16,27)28)10-9-20-8-7-19(14-31-20)22-6-4-3-5-18(22)13-30/h3-10,14,16-17,21,23H,11,15H2,1-2H3/t16-,17+,21-,23-,25+/m0/s1. The molecule has 1 aromatic carbocycles. The van der Waals surface area contributed by atoms with E-state index in [1.165, 1.54) is 6.92 Å². The van der Waals surface area contributed by atoms with E-state index in [0.29, 0.717) is 11.3 Å². The highest BCUT2D eigenvalue weighted by Gasteiger charge is 2.67. The van der Waals surface area contributed by atoms with Crippen molar-refractivity contribution in [1.29, 1.82) is 10.5 Å². The van der Waals surface area contributed by atoms with Gasteiger partial charge in [0.15, 0.2) is 0 Å². The molecule has 5 atom stereocenters. The zero-order chi connectivity index (χ0) is 23.8. The van der Waals surface area contributed by atoms with Gasteiger partial charge in [0, 0.05) is 35.6 Å². The Hall–Kier alpha value is -3.58. The Morgan fingerprint density at radius 1 is 1.21 bits per heavy atom. The van der Waals surface area contributed by atoms with Gasteiger partial charge in [-0.1, -0.05) is 37.3 Å². The third-order valence-corrected chi connectivity index (χ3v) is 7.08. The first-order valence-electron chi connectivity index (χ1n) is 10.8. The van der Waals surface area contributed by atoms with Crippen LogP contribution in [0, 0.1) is 45.8 Å². The summed E-state index contributed by atoms with van der Waals surface area (Å²) in [6, 6.07) is 14.9. The van der Waals surface area contributed by atoms with E-state index in [-0.39, 0.29) is 6.42 Å². The Kier molecular flexibility index (Phi) is 5.76. The molecule has 0 bridgehead atoms. The second-order valence-corrected chi connectivity index (χ2v) is 8.92.